The van der Waals surface area contributed by atoms with Crippen LogP contribution in [0.1, 0.15) is 52.4 Å². The smallest absolute Gasteiger partial charge is 0.326 e. The van der Waals surface area contributed by atoms with Crippen molar-refractivity contribution in [1.82, 2.24) is 10.6 Å². The molecule has 2 aliphatic rings. The van der Waals surface area contributed by atoms with Crippen LogP contribution in [0.3, 0.4) is 0 Å². The summed E-state index contributed by atoms with van der Waals surface area (Å²) >= 11 is 0. The minimum atomic E-state index is -0.959. The molecule has 5 heteroatoms. The van der Waals surface area contributed by atoms with Gasteiger partial charge in [0, 0.05) is 6.04 Å². The van der Waals surface area contributed by atoms with E-state index < -0.39 is 12.0 Å². The largest absolute Gasteiger partial charge is 0.480 e. The highest BCUT2D eigenvalue weighted by molar-refractivity contribution is 5.87. The van der Waals surface area contributed by atoms with Gasteiger partial charge in [-0.15, -0.1) is 0 Å². The number of carbonyl (C=O) groups is 2. The van der Waals surface area contributed by atoms with Crippen LogP contribution in [0.25, 0.3) is 0 Å². The molecule has 20 heavy (non-hydrogen) atoms. The highest BCUT2D eigenvalue weighted by atomic mass is 16.4. The average Bonchev–Trinajstić information content (AvgIpc) is 2.43. The van der Waals surface area contributed by atoms with Crippen LogP contribution in [0.2, 0.25) is 0 Å². The van der Waals surface area contributed by atoms with E-state index in [1.165, 1.54) is 19.3 Å². The van der Waals surface area contributed by atoms with Gasteiger partial charge in [-0.1, -0.05) is 26.7 Å². The van der Waals surface area contributed by atoms with Gasteiger partial charge in [-0.2, -0.15) is 0 Å². The Hall–Kier alpha value is -1.10. The van der Waals surface area contributed by atoms with Crippen molar-refractivity contribution in [2.24, 2.45) is 11.8 Å². The molecule has 4 atom stereocenters. The molecule has 1 heterocycles. The van der Waals surface area contributed by atoms with E-state index >= 15 is 0 Å². The Morgan fingerprint density at radius 2 is 1.85 bits per heavy atom. The Balaban J connectivity index is 1.91. The number of carbonyl (C=O) groups excluding carboxylic acids is 1. The van der Waals surface area contributed by atoms with E-state index in [-0.39, 0.29) is 17.9 Å². The van der Waals surface area contributed by atoms with Gasteiger partial charge in [0.15, 0.2) is 0 Å². The molecule has 1 saturated carbocycles. The Morgan fingerprint density at radius 1 is 1.15 bits per heavy atom. The van der Waals surface area contributed by atoms with Crippen LogP contribution in [0.4, 0.5) is 0 Å². The molecule has 0 radical (unpaired) electrons. The number of nitrogens with one attached hydrogen (secondary N) is 2. The number of rotatable bonds is 4. The summed E-state index contributed by atoms with van der Waals surface area (Å²) in [6.45, 7) is 3.62. The van der Waals surface area contributed by atoms with Gasteiger partial charge in [0.1, 0.15) is 6.04 Å². The van der Waals surface area contributed by atoms with Crippen molar-refractivity contribution in [2.45, 2.75) is 70.5 Å². The Morgan fingerprint density at radius 3 is 2.50 bits per heavy atom. The predicted octanol–water partition coefficient (Wildman–Crippen LogP) is 1.52. The maximum absolute atomic E-state index is 12.3. The lowest BCUT2D eigenvalue weighted by atomic mass is 9.77. The maximum atomic E-state index is 12.3. The Labute approximate surface area is 120 Å². The maximum Gasteiger partial charge on any atom is 0.326 e. The Bertz CT molecular complexity index is 370. The standard InChI is InChI=1S/C15H26N2O3/c1-9(2)13(15(19)20)17-14(18)12-8-7-10-5-3-4-6-11(10)16-12/h9-13,16H,3-8H2,1-2H3,(H,17,18)(H,19,20). The van der Waals surface area contributed by atoms with Crippen LogP contribution >= 0.6 is 0 Å². The van der Waals surface area contributed by atoms with Crippen LogP contribution in [0.5, 0.6) is 0 Å². The van der Waals surface area contributed by atoms with Crippen LogP contribution in [-0.4, -0.2) is 35.1 Å². The normalized spacial score (nSPS) is 31.4. The molecular formula is C15H26N2O3. The fraction of sp³-hybridized carbons (Fsp3) is 0.867. The molecule has 4 unspecified atom stereocenters. The molecule has 3 N–H and O–H groups in total. The molecule has 0 bridgehead atoms. The molecule has 0 spiro atoms. The Kier molecular flexibility index (Phi) is 5.02. The van der Waals surface area contributed by atoms with Crippen LogP contribution in [-0.2, 0) is 9.59 Å². The molecule has 1 saturated heterocycles. The summed E-state index contributed by atoms with van der Waals surface area (Å²) in [5.41, 5.74) is 0. The second kappa shape index (κ2) is 6.57. The lowest BCUT2D eigenvalue weighted by Crippen LogP contribution is -2.57. The van der Waals surface area contributed by atoms with Gasteiger partial charge in [-0.25, -0.2) is 4.79 Å². The zero-order valence-corrected chi connectivity index (χ0v) is 12.4. The van der Waals surface area contributed by atoms with Gasteiger partial charge in [-0.05, 0) is 37.5 Å². The van der Waals surface area contributed by atoms with Crippen molar-refractivity contribution in [3.63, 3.8) is 0 Å². The van der Waals surface area contributed by atoms with Gasteiger partial charge in [0.2, 0.25) is 5.91 Å². The molecule has 114 valence electrons. The van der Waals surface area contributed by atoms with Crippen molar-refractivity contribution in [3.05, 3.63) is 0 Å². The van der Waals surface area contributed by atoms with E-state index in [1.54, 1.807) is 0 Å². The van der Waals surface area contributed by atoms with E-state index in [0.717, 1.165) is 19.3 Å². The predicted molar refractivity (Wildman–Crippen MR) is 76.3 cm³/mol. The third-order valence-corrected chi connectivity index (χ3v) is 4.70. The van der Waals surface area contributed by atoms with E-state index in [4.69, 9.17) is 5.11 Å². The summed E-state index contributed by atoms with van der Waals surface area (Å²) in [5, 5.41) is 15.3. The third-order valence-electron chi connectivity index (χ3n) is 4.70. The average molecular weight is 282 g/mol. The molecule has 5 nitrogen and oxygen atoms in total. The fourth-order valence-corrected chi connectivity index (χ4v) is 3.47. The number of aliphatic carboxylic acids is 1. The first kappa shape index (κ1) is 15.3. The van der Waals surface area contributed by atoms with Crippen molar-refractivity contribution in [2.75, 3.05) is 0 Å². The van der Waals surface area contributed by atoms with E-state index in [1.807, 2.05) is 13.8 Å². The number of piperidine rings is 1. The molecule has 0 aromatic carbocycles. The second-order valence-electron chi connectivity index (χ2n) is 6.52. The van der Waals surface area contributed by atoms with Crippen molar-refractivity contribution in [1.29, 1.82) is 0 Å². The third kappa shape index (κ3) is 3.51. The SMILES string of the molecule is CC(C)C(NC(=O)C1CCC2CCCCC2N1)C(=O)O. The summed E-state index contributed by atoms with van der Waals surface area (Å²) in [4.78, 5) is 23.4. The van der Waals surface area contributed by atoms with Crippen LogP contribution in [0, 0.1) is 11.8 Å². The first-order valence-electron chi connectivity index (χ1n) is 7.78. The van der Waals surface area contributed by atoms with Crippen molar-refractivity contribution < 1.29 is 14.7 Å². The van der Waals surface area contributed by atoms with Crippen molar-refractivity contribution in [3.8, 4) is 0 Å². The number of carboxylic acid groups (broad SMARTS) is 1. The molecule has 2 fully saturated rings. The quantitative estimate of drug-likeness (QED) is 0.730. The summed E-state index contributed by atoms with van der Waals surface area (Å²) in [6.07, 6.45) is 6.82. The first-order valence-corrected chi connectivity index (χ1v) is 7.78. The summed E-state index contributed by atoms with van der Waals surface area (Å²) in [7, 11) is 0. The molecule has 2 rings (SSSR count). The van der Waals surface area contributed by atoms with Crippen LogP contribution in [0.15, 0.2) is 0 Å². The zero-order valence-electron chi connectivity index (χ0n) is 12.4. The number of fused-ring (bicyclic) bond motifs is 1. The molecular weight excluding hydrogens is 256 g/mol. The lowest BCUT2D eigenvalue weighted by Gasteiger charge is -2.40. The van der Waals surface area contributed by atoms with E-state index in [0.29, 0.717) is 12.0 Å². The number of hydrogen-bond donors (Lipinski definition) is 3. The van der Waals surface area contributed by atoms with E-state index in [2.05, 4.69) is 10.6 Å². The summed E-state index contributed by atoms with van der Waals surface area (Å²) in [5.74, 6) is -0.523. The molecule has 0 aromatic rings. The van der Waals surface area contributed by atoms with E-state index in [9.17, 15) is 9.59 Å². The molecule has 1 aliphatic heterocycles. The second-order valence-corrected chi connectivity index (χ2v) is 6.52. The lowest BCUT2D eigenvalue weighted by molar-refractivity contribution is -0.143. The van der Waals surface area contributed by atoms with Gasteiger partial charge < -0.3 is 15.7 Å². The highest BCUT2D eigenvalue weighted by Crippen LogP contribution is 2.32. The van der Waals surface area contributed by atoms with Crippen LogP contribution < -0.4 is 10.6 Å². The molecule has 0 aromatic heterocycles. The van der Waals surface area contributed by atoms with Gasteiger partial charge in [0.05, 0.1) is 6.04 Å². The molecule has 1 amide bonds. The first-order chi connectivity index (χ1) is 9.49. The fourth-order valence-electron chi connectivity index (χ4n) is 3.47. The summed E-state index contributed by atoms with van der Waals surface area (Å²) < 4.78 is 0. The monoisotopic (exact) mass is 282 g/mol. The minimum Gasteiger partial charge on any atom is -0.480 e. The highest BCUT2D eigenvalue weighted by Gasteiger charge is 2.35. The summed E-state index contributed by atoms with van der Waals surface area (Å²) in [6, 6.07) is -0.584. The zero-order chi connectivity index (χ0) is 14.7. The topological polar surface area (TPSA) is 78.4 Å². The van der Waals surface area contributed by atoms with Gasteiger partial charge in [-0.3, -0.25) is 4.79 Å². The number of carboxylic acids is 1. The minimum absolute atomic E-state index is 0.109. The number of hydrogen-bond acceptors (Lipinski definition) is 3. The van der Waals surface area contributed by atoms with Gasteiger partial charge in [0.25, 0.3) is 0 Å². The van der Waals surface area contributed by atoms with Gasteiger partial charge >= 0.3 is 5.97 Å². The number of amides is 1. The van der Waals surface area contributed by atoms with Crippen molar-refractivity contribution >= 4 is 11.9 Å². The molecule has 1 aliphatic carbocycles.